The number of aromatic nitrogens is 1. The molecule has 0 spiro atoms. The van der Waals surface area contributed by atoms with E-state index in [1.807, 2.05) is 6.20 Å². The number of halogens is 1. The molecule has 1 saturated carbocycles. The summed E-state index contributed by atoms with van der Waals surface area (Å²) < 4.78 is 6.85. The van der Waals surface area contributed by atoms with Gasteiger partial charge in [0.2, 0.25) is 0 Å². The van der Waals surface area contributed by atoms with Crippen molar-refractivity contribution in [2.24, 2.45) is 11.7 Å². The fourth-order valence-corrected chi connectivity index (χ4v) is 3.22. The van der Waals surface area contributed by atoms with Crippen LogP contribution in [0.15, 0.2) is 22.9 Å². The minimum atomic E-state index is -0.191. The van der Waals surface area contributed by atoms with E-state index < -0.39 is 0 Å². The molecule has 1 aliphatic heterocycles. The second-order valence-corrected chi connectivity index (χ2v) is 6.22. The number of pyridine rings is 1. The molecule has 3 rings (SSSR count). The topological polar surface area (TPSA) is 48.1 Å². The zero-order chi connectivity index (χ0) is 11.9. The molecule has 0 aromatic carbocycles. The molecule has 0 radical (unpaired) electrons. The highest BCUT2D eigenvalue weighted by atomic mass is 79.9. The zero-order valence-electron chi connectivity index (χ0n) is 9.73. The Labute approximate surface area is 110 Å². The second kappa shape index (κ2) is 4.34. The smallest absolute Gasteiger partial charge is 0.0786 e. The summed E-state index contributed by atoms with van der Waals surface area (Å²) in [7, 11) is 0. The Kier molecular flexibility index (Phi) is 2.97. The number of hydrogen-bond donors (Lipinski definition) is 1. The van der Waals surface area contributed by atoms with Crippen molar-refractivity contribution in [2.75, 3.05) is 6.61 Å². The summed E-state index contributed by atoms with van der Waals surface area (Å²) in [5, 5.41) is 0. The van der Waals surface area contributed by atoms with Crippen molar-refractivity contribution in [3.05, 3.63) is 28.5 Å². The predicted molar refractivity (Wildman–Crippen MR) is 69.6 cm³/mol. The van der Waals surface area contributed by atoms with Gasteiger partial charge < -0.3 is 10.5 Å². The highest BCUT2D eigenvalue weighted by Crippen LogP contribution is 2.43. The summed E-state index contributed by atoms with van der Waals surface area (Å²) >= 11 is 3.45. The molecule has 4 heteroatoms. The van der Waals surface area contributed by atoms with Crippen LogP contribution in [0, 0.1) is 5.92 Å². The van der Waals surface area contributed by atoms with Crippen molar-refractivity contribution in [1.29, 1.82) is 0 Å². The van der Waals surface area contributed by atoms with Gasteiger partial charge in [0.25, 0.3) is 0 Å². The van der Waals surface area contributed by atoms with Crippen molar-refractivity contribution >= 4 is 15.9 Å². The molecule has 2 unspecified atom stereocenters. The van der Waals surface area contributed by atoms with Gasteiger partial charge in [-0.05, 0) is 59.2 Å². The van der Waals surface area contributed by atoms with Crippen molar-refractivity contribution < 1.29 is 4.74 Å². The molecule has 2 heterocycles. The van der Waals surface area contributed by atoms with Crippen molar-refractivity contribution in [3.63, 3.8) is 0 Å². The van der Waals surface area contributed by atoms with Gasteiger partial charge in [-0.25, -0.2) is 0 Å². The van der Waals surface area contributed by atoms with Gasteiger partial charge in [-0.2, -0.15) is 0 Å². The number of nitrogens with zero attached hydrogens (tertiary/aromatic N) is 1. The van der Waals surface area contributed by atoms with E-state index in [0.717, 1.165) is 23.9 Å². The van der Waals surface area contributed by atoms with Crippen LogP contribution in [0.3, 0.4) is 0 Å². The molecule has 0 bridgehead atoms. The number of hydrogen-bond acceptors (Lipinski definition) is 3. The third kappa shape index (κ3) is 2.39. The van der Waals surface area contributed by atoms with Crippen LogP contribution in [0.4, 0.5) is 0 Å². The van der Waals surface area contributed by atoms with E-state index in [0.29, 0.717) is 5.92 Å². The summed E-state index contributed by atoms with van der Waals surface area (Å²) in [4.78, 5) is 4.20. The Morgan fingerprint density at radius 2 is 2.29 bits per heavy atom. The summed E-state index contributed by atoms with van der Waals surface area (Å²) in [6.45, 7) is 0.805. The van der Waals surface area contributed by atoms with E-state index in [1.165, 1.54) is 18.4 Å². The highest BCUT2D eigenvalue weighted by Gasteiger charge is 2.48. The molecule has 1 aromatic heterocycles. The van der Waals surface area contributed by atoms with Gasteiger partial charge in [-0.1, -0.05) is 0 Å². The van der Waals surface area contributed by atoms with E-state index in [1.54, 1.807) is 6.20 Å². The molecule has 1 aliphatic carbocycles. The van der Waals surface area contributed by atoms with Gasteiger partial charge >= 0.3 is 0 Å². The number of nitrogens with two attached hydrogens (primary N) is 1. The molecule has 1 aromatic rings. The molecule has 0 amide bonds. The maximum atomic E-state index is 6.56. The SMILES string of the molecule is NC1(Cc2cncc(Br)c2)CCOC1C1CC1. The van der Waals surface area contributed by atoms with Crippen LogP contribution in [0.5, 0.6) is 0 Å². The average Bonchev–Trinajstić information content (AvgIpc) is 3.03. The van der Waals surface area contributed by atoms with Crippen LogP contribution in [0.2, 0.25) is 0 Å². The molecular formula is C13H17BrN2O. The van der Waals surface area contributed by atoms with Crippen LogP contribution in [0.25, 0.3) is 0 Å². The first-order valence-corrected chi connectivity index (χ1v) is 6.97. The van der Waals surface area contributed by atoms with Gasteiger partial charge in [0.15, 0.2) is 0 Å². The van der Waals surface area contributed by atoms with E-state index >= 15 is 0 Å². The van der Waals surface area contributed by atoms with Crippen molar-refractivity contribution in [2.45, 2.75) is 37.3 Å². The first-order valence-electron chi connectivity index (χ1n) is 6.17. The molecule has 2 aliphatic rings. The van der Waals surface area contributed by atoms with Crippen LogP contribution >= 0.6 is 15.9 Å². The van der Waals surface area contributed by atoms with Gasteiger partial charge in [0.1, 0.15) is 0 Å². The average molecular weight is 297 g/mol. The lowest BCUT2D eigenvalue weighted by Gasteiger charge is -2.30. The number of ether oxygens (including phenoxy) is 1. The molecule has 17 heavy (non-hydrogen) atoms. The zero-order valence-corrected chi connectivity index (χ0v) is 11.3. The Bertz CT molecular complexity index is 422. The van der Waals surface area contributed by atoms with Gasteiger partial charge in [-0.3, -0.25) is 4.98 Å². The molecule has 1 saturated heterocycles. The maximum Gasteiger partial charge on any atom is 0.0786 e. The Morgan fingerprint density at radius 1 is 1.47 bits per heavy atom. The van der Waals surface area contributed by atoms with E-state index in [-0.39, 0.29) is 11.6 Å². The molecule has 2 fully saturated rings. The third-order valence-electron chi connectivity index (χ3n) is 3.78. The Morgan fingerprint density at radius 3 is 3.00 bits per heavy atom. The second-order valence-electron chi connectivity index (χ2n) is 5.30. The first-order chi connectivity index (χ1) is 8.17. The lowest BCUT2D eigenvalue weighted by Crippen LogP contribution is -2.50. The maximum absolute atomic E-state index is 6.56. The monoisotopic (exact) mass is 296 g/mol. The van der Waals surface area contributed by atoms with E-state index in [9.17, 15) is 0 Å². The van der Waals surface area contributed by atoms with Gasteiger partial charge in [0, 0.05) is 29.0 Å². The largest absolute Gasteiger partial charge is 0.376 e. The molecule has 3 nitrogen and oxygen atoms in total. The highest BCUT2D eigenvalue weighted by molar-refractivity contribution is 9.10. The van der Waals surface area contributed by atoms with Gasteiger partial charge in [0.05, 0.1) is 6.10 Å². The minimum absolute atomic E-state index is 0.191. The fraction of sp³-hybridized carbons (Fsp3) is 0.615. The van der Waals surface area contributed by atoms with Crippen LogP contribution < -0.4 is 5.73 Å². The van der Waals surface area contributed by atoms with E-state index in [2.05, 4.69) is 27.0 Å². The normalized spacial score (nSPS) is 32.9. The molecule has 92 valence electrons. The molecular weight excluding hydrogens is 280 g/mol. The van der Waals surface area contributed by atoms with Crippen molar-refractivity contribution in [1.82, 2.24) is 4.98 Å². The first kappa shape index (κ1) is 11.6. The fourth-order valence-electron chi connectivity index (χ4n) is 2.81. The summed E-state index contributed by atoms with van der Waals surface area (Å²) in [6, 6.07) is 2.10. The predicted octanol–water partition coefficient (Wildman–Crippen LogP) is 2.28. The summed E-state index contributed by atoms with van der Waals surface area (Å²) in [6.07, 6.45) is 8.33. The van der Waals surface area contributed by atoms with Gasteiger partial charge in [-0.15, -0.1) is 0 Å². The van der Waals surface area contributed by atoms with Crippen molar-refractivity contribution in [3.8, 4) is 0 Å². The Hall–Kier alpha value is -0.450. The Balaban J connectivity index is 1.78. The quantitative estimate of drug-likeness (QED) is 0.931. The number of rotatable bonds is 3. The van der Waals surface area contributed by atoms with Crippen LogP contribution in [-0.4, -0.2) is 23.2 Å². The lowest BCUT2D eigenvalue weighted by molar-refractivity contribution is 0.0626. The molecule has 2 atom stereocenters. The lowest BCUT2D eigenvalue weighted by atomic mass is 9.84. The standard InChI is InChI=1S/C13H17BrN2O/c14-11-5-9(7-16-8-11)6-13(15)3-4-17-12(13)10-1-2-10/h5,7-8,10,12H,1-4,6,15H2. The molecule has 2 N–H and O–H groups in total. The van der Waals surface area contributed by atoms with Crippen LogP contribution in [0.1, 0.15) is 24.8 Å². The summed E-state index contributed by atoms with van der Waals surface area (Å²) in [5.41, 5.74) is 7.56. The summed E-state index contributed by atoms with van der Waals surface area (Å²) in [5.74, 6) is 0.697. The minimum Gasteiger partial charge on any atom is -0.376 e. The van der Waals surface area contributed by atoms with E-state index in [4.69, 9.17) is 10.5 Å². The van der Waals surface area contributed by atoms with Crippen LogP contribution in [-0.2, 0) is 11.2 Å². The third-order valence-corrected chi connectivity index (χ3v) is 4.21.